The fourth-order valence-electron chi connectivity index (χ4n) is 1.97. The average Bonchev–Trinajstić information content (AvgIpc) is 2.78. The summed E-state index contributed by atoms with van der Waals surface area (Å²) in [7, 11) is 0. The van der Waals surface area contributed by atoms with Crippen molar-refractivity contribution in [2.24, 2.45) is 0 Å². The molecule has 0 saturated heterocycles. The van der Waals surface area contributed by atoms with Crippen molar-refractivity contribution in [3.63, 3.8) is 0 Å². The molecule has 1 heterocycles. The van der Waals surface area contributed by atoms with Crippen LogP contribution in [-0.2, 0) is 6.54 Å². The van der Waals surface area contributed by atoms with Gasteiger partial charge in [-0.05, 0) is 23.6 Å². The van der Waals surface area contributed by atoms with Crippen LogP contribution in [0.3, 0.4) is 0 Å². The summed E-state index contributed by atoms with van der Waals surface area (Å²) in [5.74, 6) is -1.08. The second-order valence-electron chi connectivity index (χ2n) is 4.69. The number of carboxylic acid groups (broad SMARTS) is 1. The zero-order valence-corrected chi connectivity index (χ0v) is 12.5. The van der Waals surface area contributed by atoms with Crippen LogP contribution in [-0.4, -0.2) is 26.1 Å². The quantitative estimate of drug-likeness (QED) is 0.938. The Morgan fingerprint density at radius 3 is 2.60 bits per heavy atom. The van der Waals surface area contributed by atoms with Crippen LogP contribution in [0.25, 0.3) is 0 Å². The number of nitrogens with zero attached hydrogens (tertiary/aromatic N) is 3. The van der Waals surface area contributed by atoms with E-state index >= 15 is 0 Å². The van der Waals surface area contributed by atoms with Crippen molar-refractivity contribution in [1.29, 1.82) is 0 Å². The van der Waals surface area contributed by atoms with E-state index in [1.54, 1.807) is 16.8 Å². The Morgan fingerprint density at radius 1 is 1.35 bits per heavy atom. The van der Waals surface area contributed by atoms with E-state index in [2.05, 4.69) is 10.3 Å². The van der Waals surface area contributed by atoms with Crippen LogP contribution in [0.1, 0.15) is 41.5 Å². The molecular formula is C13H13Cl2N3O2. The van der Waals surface area contributed by atoms with Crippen LogP contribution in [0.2, 0.25) is 10.0 Å². The molecule has 0 aliphatic heterocycles. The summed E-state index contributed by atoms with van der Waals surface area (Å²) < 4.78 is 1.58. The number of halogens is 2. The summed E-state index contributed by atoms with van der Waals surface area (Å²) in [5, 5.41) is 17.7. The van der Waals surface area contributed by atoms with E-state index in [1.807, 2.05) is 19.9 Å². The first-order valence-electron chi connectivity index (χ1n) is 6.00. The van der Waals surface area contributed by atoms with Gasteiger partial charge in [0.15, 0.2) is 5.69 Å². The van der Waals surface area contributed by atoms with Crippen molar-refractivity contribution in [2.45, 2.75) is 26.3 Å². The van der Waals surface area contributed by atoms with Gasteiger partial charge in [-0.2, -0.15) is 0 Å². The Bertz CT molecular complexity index is 653. The van der Waals surface area contributed by atoms with Crippen LogP contribution >= 0.6 is 23.2 Å². The number of hydrogen-bond donors (Lipinski definition) is 1. The lowest BCUT2D eigenvalue weighted by atomic mass is 10.1. The molecule has 0 aliphatic carbocycles. The van der Waals surface area contributed by atoms with Crippen LogP contribution in [0.4, 0.5) is 0 Å². The fourth-order valence-corrected chi connectivity index (χ4v) is 2.29. The molecule has 1 aromatic carbocycles. The topological polar surface area (TPSA) is 68.0 Å². The maximum atomic E-state index is 11.1. The van der Waals surface area contributed by atoms with Crippen LogP contribution < -0.4 is 0 Å². The first-order valence-corrected chi connectivity index (χ1v) is 6.76. The minimum absolute atomic E-state index is 0.00104. The molecule has 7 heteroatoms. The Hall–Kier alpha value is -1.59. The number of carboxylic acids is 1. The van der Waals surface area contributed by atoms with E-state index in [9.17, 15) is 4.79 Å². The second-order valence-corrected chi connectivity index (χ2v) is 5.50. The highest BCUT2D eigenvalue weighted by Gasteiger charge is 2.21. The molecule has 0 amide bonds. The minimum atomic E-state index is -1.07. The maximum absolute atomic E-state index is 11.1. The number of aromatic nitrogens is 3. The zero-order chi connectivity index (χ0) is 14.9. The van der Waals surface area contributed by atoms with Crippen molar-refractivity contribution >= 4 is 29.2 Å². The molecule has 2 rings (SSSR count). The third-order valence-electron chi connectivity index (χ3n) is 2.84. The van der Waals surface area contributed by atoms with E-state index in [0.29, 0.717) is 22.3 Å². The van der Waals surface area contributed by atoms with Gasteiger partial charge in [0.1, 0.15) is 0 Å². The summed E-state index contributed by atoms with van der Waals surface area (Å²) in [5.41, 5.74) is 1.45. The highest BCUT2D eigenvalue weighted by Crippen LogP contribution is 2.24. The monoisotopic (exact) mass is 313 g/mol. The molecule has 20 heavy (non-hydrogen) atoms. The Kier molecular flexibility index (Phi) is 4.30. The van der Waals surface area contributed by atoms with Crippen LogP contribution in [0.15, 0.2) is 18.2 Å². The number of hydrogen-bond acceptors (Lipinski definition) is 3. The number of carbonyl (C=O) groups is 1. The Balaban J connectivity index is 2.38. The molecule has 2 aromatic rings. The fraction of sp³-hybridized carbons (Fsp3) is 0.308. The second kappa shape index (κ2) is 5.81. The number of rotatable bonds is 4. The van der Waals surface area contributed by atoms with Crippen molar-refractivity contribution < 1.29 is 9.90 Å². The van der Waals surface area contributed by atoms with E-state index in [4.69, 9.17) is 28.3 Å². The lowest BCUT2D eigenvalue weighted by Crippen LogP contribution is -2.10. The van der Waals surface area contributed by atoms with Crippen molar-refractivity contribution in [3.8, 4) is 0 Å². The number of aromatic carboxylic acids is 1. The standard InChI is InChI=1S/C13H13Cl2N3O2/c1-7(2)12-11(13(19)20)16-17-18(12)6-8-3-4-9(14)10(15)5-8/h3-5,7H,6H2,1-2H3,(H,19,20). The highest BCUT2D eigenvalue weighted by atomic mass is 35.5. The van der Waals surface area contributed by atoms with Crippen LogP contribution in [0.5, 0.6) is 0 Å². The lowest BCUT2D eigenvalue weighted by Gasteiger charge is -2.10. The van der Waals surface area contributed by atoms with E-state index in [1.165, 1.54) is 0 Å². The molecule has 0 saturated carbocycles. The van der Waals surface area contributed by atoms with Gasteiger partial charge >= 0.3 is 5.97 Å². The van der Waals surface area contributed by atoms with E-state index < -0.39 is 5.97 Å². The SMILES string of the molecule is CC(C)c1c(C(=O)O)nnn1Cc1ccc(Cl)c(Cl)c1. The highest BCUT2D eigenvalue weighted by molar-refractivity contribution is 6.42. The van der Waals surface area contributed by atoms with Gasteiger partial charge in [0.05, 0.1) is 22.3 Å². The molecule has 0 radical (unpaired) electrons. The van der Waals surface area contributed by atoms with E-state index in [-0.39, 0.29) is 11.6 Å². The van der Waals surface area contributed by atoms with Gasteiger partial charge in [0.25, 0.3) is 0 Å². The molecule has 0 atom stereocenters. The van der Waals surface area contributed by atoms with E-state index in [0.717, 1.165) is 5.56 Å². The normalized spacial score (nSPS) is 11.1. The molecular weight excluding hydrogens is 301 g/mol. The summed E-state index contributed by atoms with van der Waals surface area (Å²) in [6, 6.07) is 5.25. The first kappa shape index (κ1) is 14.8. The molecule has 0 spiro atoms. The van der Waals surface area contributed by atoms with Crippen LogP contribution in [0, 0.1) is 0 Å². The van der Waals surface area contributed by atoms with Crippen molar-refractivity contribution in [1.82, 2.24) is 15.0 Å². The van der Waals surface area contributed by atoms with Crippen molar-refractivity contribution in [3.05, 3.63) is 45.2 Å². The molecule has 1 aromatic heterocycles. The van der Waals surface area contributed by atoms with Gasteiger partial charge in [0.2, 0.25) is 0 Å². The molecule has 0 fully saturated rings. The molecule has 0 bridgehead atoms. The molecule has 106 valence electrons. The maximum Gasteiger partial charge on any atom is 0.358 e. The van der Waals surface area contributed by atoms with Gasteiger partial charge in [-0.1, -0.05) is 48.3 Å². The van der Waals surface area contributed by atoms with Gasteiger partial charge in [-0.15, -0.1) is 5.10 Å². The molecule has 0 aliphatic rings. The third-order valence-corrected chi connectivity index (χ3v) is 3.58. The van der Waals surface area contributed by atoms with Gasteiger partial charge in [-0.25, -0.2) is 9.48 Å². The largest absolute Gasteiger partial charge is 0.476 e. The zero-order valence-electron chi connectivity index (χ0n) is 11.0. The Labute approximate surface area is 126 Å². The van der Waals surface area contributed by atoms with Gasteiger partial charge in [-0.3, -0.25) is 0 Å². The smallest absolute Gasteiger partial charge is 0.358 e. The predicted octanol–water partition coefficient (Wildman–Crippen LogP) is 3.45. The average molecular weight is 314 g/mol. The third kappa shape index (κ3) is 2.94. The lowest BCUT2D eigenvalue weighted by molar-refractivity contribution is 0.0688. The summed E-state index contributed by atoms with van der Waals surface area (Å²) >= 11 is 11.8. The summed E-state index contributed by atoms with van der Waals surface area (Å²) in [6.45, 7) is 4.19. The first-order chi connectivity index (χ1) is 9.40. The molecule has 0 unspecified atom stereocenters. The van der Waals surface area contributed by atoms with Gasteiger partial charge in [0, 0.05) is 0 Å². The molecule has 5 nitrogen and oxygen atoms in total. The van der Waals surface area contributed by atoms with Crippen molar-refractivity contribution in [2.75, 3.05) is 0 Å². The Morgan fingerprint density at radius 2 is 2.05 bits per heavy atom. The predicted molar refractivity (Wildman–Crippen MR) is 76.6 cm³/mol. The van der Waals surface area contributed by atoms with Gasteiger partial charge < -0.3 is 5.11 Å². The minimum Gasteiger partial charge on any atom is -0.476 e. The molecule has 1 N–H and O–H groups in total. The summed E-state index contributed by atoms with van der Waals surface area (Å²) in [4.78, 5) is 11.1. The number of benzene rings is 1. The summed E-state index contributed by atoms with van der Waals surface area (Å²) in [6.07, 6.45) is 0.